The number of ether oxygens (including phenoxy) is 3. The third-order valence-corrected chi connectivity index (χ3v) is 2.25. The lowest BCUT2D eigenvalue weighted by Crippen LogP contribution is -2.18. The Hall–Kier alpha value is -1.57. The Morgan fingerprint density at radius 2 is 1.75 bits per heavy atom. The zero-order chi connectivity index (χ0) is 15.4. The number of allylic oxidation sites excluding steroid dienone is 2. The SMILES string of the molecule is CCOC(OCC)C(C)=CC#CC(C)=CCOC(C)=O. The standard InChI is InChI=1S/C16H24O4/c1-6-18-16(19-7-2)14(4)10-8-9-13(3)11-12-20-15(5)17/h10-11,16H,6-7,12H2,1-5H3. The fourth-order valence-corrected chi connectivity index (χ4v) is 1.28. The molecule has 0 aliphatic rings. The van der Waals surface area contributed by atoms with Crippen LogP contribution in [0.25, 0.3) is 0 Å². The Kier molecular flexibility index (Phi) is 10.4. The average Bonchev–Trinajstić information content (AvgIpc) is 2.38. The molecule has 0 spiro atoms. The van der Waals surface area contributed by atoms with Gasteiger partial charge in [0, 0.05) is 20.1 Å². The van der Waals surface area contributed by atoms with Crippen molar-refractivity contribution in [3.63, 3.8) is 0 Å². The molecule has 0 fully saturated rings. The molecule has 112 valence electrons. The van der Waals surface area contributed by atoms with Crippen LogP contribution in [0, 0.1) is 11.8 Å². The highest BCUT2D eigenvalue weighted by molar-refractivity contribution is 5.66. The van der Waals surface area contributed by atoms with Crippen molar-refractivity contribution in [3.05, 3.63) is 23.3 Å². The molecule has 0 saturated heterocycles. The molecule has 0 atom stereocenters. The summed E-state index contributed by atoms with van der Waals surface area (Å²) in [5.41, 5.74) is 1.77. The molecule has 0 aromatic heterocycles. The van der Waals surface area contributed by atoms with Gasteiger partial charge in [-0.25, -0.2) is 0 Å². The van der Waals surface area contributed by atoms with E-state index in [1.165, 1.54) is 6.92 Å². The molecule has 0 radical (unpaired) electrons. The van der Waals surface area contributed by atoms with E-state index in [-0.39, 0.29) is 18.9 Å². The van der Waals surface area contributed by atoms with Crippen molar-refractivity contribution in [2.75, 3.05) is 19.8 Å². The Labute approximate surface area is 121 Å². The lowest BCUT2D eigenvalue weighted by molar-refractivity contribution is -0.139. The van der Waals surface area contributed by atoms with Gasteiger partial charge in [0.15, 0.2) is 6.29 Å². The van der Waals surface area contributed by atoms with Crippen LogP contribution in [0.4, 0.5) is 0 Å². The zero-order valence-corrected chi connectivity index (χ0v) is 13.0. The molecule has 0 rings (SSSR count). The lowest BCUT2D eigenvalue weighted by atomic mass is 10.2. The molecule has 0 aliphatic carbocycles. The maximum atomic E-state index is 10.6. The summed E-state index contributed by atoms with van der Waals surface area (Å²) >= 11 is 0. The number of hydrogen-bond acceptors (Lipinski definition) is 4. The van der Waals surface area contributed by atoms with Gasteiger partial charge < -0.3 is 14.2 Å². The van der Waals surface area contributed by atoms with Crippen molar-refractivity contribution < 1.29 is 19.0 Å². The maximum absolute atomic E-state index is 10.6. The van der Waals surface area contributed by atoms with Crippen molar-refractivity contribution in [2.24, 2.45) is 0 Å². The van der Waals surface area contributed by atoms with Gasteiger partial charge in [0.05, 0.1) is 0 Å². The summed E-state index contributed by atoms with van der Waals surface area (Å²) in [6.07, 6.45) is 3.20. The first-order valence-electron chi connectivity index (χ1n) is 6.72. The molecule has 0 heterocycles. The second-order valence-electron chi connectivity index (χ2n) is 4.09. The van der Waals surface area contributed by atoms with E-state index < -0.39 is 0 Å². The largest absolute Gasteiger partial charge is 0.462 e. The van der Waals surface area contributed by atoms with Gasteiger partial charge in [0.2, 0.25) is 0 Å². The minimum atomic E-state index is -0.343. The summed E-state index contributed by atoms with van der Waals surface area (Å²) in [7, 11) is 0. The van der Waals surface area contributed by atoms with Crippen LogP contribution in [0.15, 0.2) is 23.3 Å². The Balaban J connectivity index is 4.51. The quantitative estimate of drug-likeness (QED) is 0.408. The van der Waals surface area contributed by atoms with Crippen molar-refractivity contribution in [3.8, 4) is 11.8 Å². The van der Waals surface area contributed by atoms with Gasteiger partial charge in [-0.05, 0) is 51.0 Å². The van der Waals surface area contributed by atoms with E-state index in [9.17, 15) is 4.79 Å². The van der Waals surface area contributed by atoms with Gasteiger partial charge in [0.1, 0.15) is 6.61 Å². The molecule has 0 aromatic carbocycles. The molecule has 0 saturated carbocycles. The van der Waals surface area contributed by atoms with Gasteiger partial charge in [0.25, 0.3) is 0 Å². The predicted octanol–water partition coefficient (Wildman–Crippen LogP) is 2.84. The van der Waals surface area contributed by atoms with Crippen molar-refractivity contribution in [1.82, 2.24) is 0 Å². The topological polar surface area (TPSA) is 44.8 Å². The Morgan fingerprint density at radius 1 is 1.15 bits per heavy atom. The number of carbonyl (C=O) groups is 1. The van der Waals surface area contributed by atoms with Crippen molar-refractivity contribution in [1.29, 1.82) is 0 Å². The van der Waals surface area contributed by atoms with E-state index in [4.69, 9.17) is 14.2 Å². The molecule has 20 heavy (non-hydrogen) atoms. The monoisotopic (exact) mass is 280 g/mol. The van der Waals surface area contributed by atoms with E-state index in [0.717, 1.165) is 11.1 Å². The number of esters is 1. The molecule has 0 amide bonds. The van der Waals surface area contributed by atoms with Crippen LogP contribution in [0.1, 0.15) is 34.6 Å². The highest BCUT2D eigenvalue weighted by Gasteiger charge is 2.08. The molecule has 4 heteroatoms. The van der Waals surface area contributed by atoms with Gasteiger partial charge in [-0.15, -0.1) is 0 Å². The van der Waals surface area contributed by atoms with E-state index in [2.05, 4.69) is 11.8 Å². The first-order chi connectivity index (χ1) is 9.51. The van der Waals surface area contributed by atoms with E-state index in [1.54, 1.807) is 12.2 Å². The summed E-state index contributed by atoms with van der Waals surface area (Å²) < 4.78 is 15.7. The van der Waals surface area contributed by atoms with E-state index in [1.807, 2.05) is 27.7 Å². The minimum Gasteiger partial charge on any atom is -0.462 e. The van der Waals surface area contributed by atoms with Gasteiger partial charge in [-0.1, -0.05) is 11.8 Å². The predicted molar refractivity (Wildman–Crippen MR) is 79.0 cm³/mol. The molecule has 0 aliphatic heterocycles. The Morgan fingerprint density at radius 3 is 2.25 bits per heavy atom. The second-order valence-corrected chi connectivity index (χ2v) is 4.09. The van der Waals surface area contributed by atoms with Crippen LogP contribution >= 0.6 is 0 Å². The minimum absolute atomic E-state index is 0.249. The van der Waals surface area contributed by atoms with Crippen LogP contribution in [-0.2, 0) is 19.0 Å². The zero-order valence-electron chi connectivity index (χ0n) is 13.0. The molecule has 4 nitrogen and oxygen atoms in total. The fourth-order valence-electron chi connectivity index (χ4n) is 1.28. The summed E-state index contributed by atoms with van der Waals surface area (Å²) in [5, 5.41) is 0. The third-order valence-electron chi connectivity index (χ3n) is 2.25. The molecule has 0 bridgehead atoms. The van der Waals surface area contributed by atoms with Crippen LogP contribution in [0.2, 0.25) is 0 Å². The van der Waals surface area contributed by atoms with Crippen molar-refractivity contribution in [2.45, 2.75) is 40.9 Å². The molecule has 0 N–H and O–H groups in total. The second kappa shape index (κ2) is 11.3. The highest BCUT2D eigenvalue weighted by Crippen LogP contribution is 2.07. The van der Waals surface area contributed by atoms with Gasteiger partial charge >= 0.3 is 5.97 Å². The molecular weight excluding hydrogens is 256 g/mol. The third kappa shape index (κ3) is 9.37. The number of rotatable bonds is 7. The van der Waals surface area contributed by atoms with Crippen LogP contribution < -0.4 is 0 Å². The summed E-state index contributed by atoms with van der Waals surface area (Å²) in [6.45, 7) is 10.4. The maximum Gasteiger partial charge on any atom is 0.302 e. The van der Waals surface area contributed by atoms with Gasteiger partial charge in [-0.2, -0.15) is 0 Å². The van der Waals surface area contributed by atoms with Crippen LogP contribution in [0.3, 0.4) is 0 Å². The summed E-state index contributed by atoms with van der Waals surface area (Å²) in [5.74, 6) is 5.60. The summed E-state index contributed by atoms with van der Waals surface area (Å²) in [4.78, 5) is 10.6. The van der Waals surface area contributed by atoms with E-state index >= 15 is 0 Å². The Bertz CT molecular complexity index is 404. The van der Waals surface area contributed by atoms with Crippen LogP contribution in [-0.4, -0.2) is 32.1 Å². The smallest absolute Gasteiger partial charge is 0.302 e. The normalized spacial score (nSPS) is 12.1. The lowest BCUT2D eigenvalue weighted by Gasteiger charge is -2.16. The van der Waals surface area contributed by atoms with E-state index in [0.29, 0.717) is 13.2 Å². The number of hydrogen-bond donors (Lipinski definition) is 0. The average molecular weight is 280 g/mol. The van der Waals surface area contributed by atoms with Crippen molar-refractivity contribution >= 4 is 5.97 Å². The fraction of sp³-hybridized carbons (Fsp3) is 0.562. The van der Waals surface area contributed by atoms with Gasteiger partial charge in [-0.3, -0.25) is 4.79 Å². The summed E-state index contributed by atoms with van der Waals surface area (Å²) in [6, 6.07) is 0. The first kappa shape index (κ1) is 18.4. The number of carbonyl (C=O) groups excluding carboxylic acids is 1. The highest BCUT2D eigenvalue weighted by atomic mass is 16.7. The first-order valence-corrected chi connectivity index (χ1v) is 6.72. The van der Waals surface area contributed by atoms with Crippen LogP contribution in [0.5, 0.6) is 0 Å². The molecule has 0 aromatic rings. The molecule has 0 unspecified atom stereocenters. The molecular formula is C16H24O4.